The number of anilines is 9. The van der Waals surface area contributed by atoms with Crippen molar-refractivity contribution in [2.24, 2.45) is 0 Å². The van der Waals surface area contributed by atoms with Gasteiger partial charge in [0, 0.05) is 65.5 Å². The first-order valence-electron chi connectivity index (χ1n) is 37.5. The smallest absolute Gasteiger partial charge is 0.264 e. The Labute approximate surface area is 598 Å². The quantitative estimate of drug-likeness (QED) is 0.133. The molecular formula is C94H106BN3S. The lowest BCUT2D eigenvalue weighted by atomic mass is 9.35. The molecule has 5 heteroatoms. The number of fused-ring (bicyclic) bond motifs is 10. The van der Waals surface area contributed by atoms with Crippen molar-refractivity contribution in [3.8, 4) is 0 Å². The van der Waals surface area contributed by atoms with Crippen molar-refractivity contribution in [3.05, 3.63) is 249 Å². The van der Waals surface area contributed by atoms with Gasteiger partial charge in [-0.3, -0.25) is 0 Å². The van der Waals surface area contributed by atoms with E-state index in [-0.39, 0.29) is 60.9 Å². The van der Waals surface area contributed by atoms with Gasteiger partial charge in [-0.25, -0.2) is 0 Å². The molecule has 0 atom stereocenters. The monoisotopic (exact) mass is 1320 g/mol. The van der Waals surface area contributed by atoms with E-state index in [0.717, 1.165) is 49.2 Å². The first-order valence-corrected chi connectivity index (χ1v) is 38.3. The van der Waals surface area contributed by atoms with Gasteiger partial charge >= 0.3 is 0 Å². The summed E-state index contributed by atoms with van der Waals surface area (Å²) in [5.74, 6) is 0. The summed E-state index contributed by atoms with van der Waals surface area (Å²) in [7, 11) is 0. The third kappa shape index (κ3) is 10.3. The molecule has 0 fully saturated rings. The fourth-order valence-electron chi connectivity index (χ4n) is 19.2. The van der Waals surface area contributed by atoms with E-state index in [1.165, 1.54) is 146 Å². The zero-order valence-electron chi connectivity index (χ0n) is 63.3. The molecule has 0 bridgehead atoms. The molecule has 0 amide bonds. The minimum Gasteiger partial charge on any atom is -0.311 e. The zero-order chi connectivity index (χ0) is 69.9. The van der Waals surface area contributed by atoms with Gasteiger partial charge in [0.1, 0.15) is 0 Å². The highest BCUT2D eigenvalue weighted by atomic mass is 32.1. The molecule has 506 valence electrons. The highest BCUT2D eigenvalue weighted by molar-refractivity contribution is 7.33. The van der Waals surface area contributed by atoms with E-state index in [1.807, 2.05) is 0 Å². The molecule has 0 saturated carbocycles. The van der Waals surface area contributed by atoms with E-state index in [4.69, 9.17) is 0 Å². The predicted molar refractivity (Wildman–Crippen MR) is 429 cm³/mol. The van der Waals surface area contributed by atoms with Gasteiger partial charge in [-0.1, -0.05) is 242 Å². The van der Waals surface area contributed by atoms with Gasteiger partial charge in [0.05, 0.1) is 11.4 Å². The maximum Gasteiger partial charge on any atom is 0.264 e. The van der Waals surface area contributed by atoms with Crippen molar-refractivity contribution < 1.29 is 0 Å². The summed E-state index contributed by atoms with van der Waals surface area (Å²) in [6, 6.07) is 73.0. The van der Waals surface area contributed by atoms with Gasteiger partial charge in [-0.05, 0) is 251 Å². The maximum atomic E-state index is 2.82. The van der Waals surface area contributed by atoms with Crippen molar-refractivity contribution in [3.63, 3.8) is 0 Å². The second-order valence-corrected chi connectivity index (χ2v) is 38.7. The predicted octanol–water partition coefficient (Wildman–Crippen LogP) is 24.5. The van der Waals surface area contributed by atoms with Crippen LogP contribution in [0.2, 0.25) is 0 Å². The molecule has 0 spiro atoms. The molecule has 16 rings (SSSR count). The van der Waals surface area contributed by atoms with Crippen LogP contribution in [0.3, 0.4) is 0 Å². The van der Waals surface area contributed by atoms with Crippen LogP contribution in [-0.2, 0) is 54.1 Å². The molecule has 99 heavy (non-hydrogen) atoms. The van der Waals surface area contributed by atoms with Gasteiger partial charge in [0.15, 0.2) is 0 Å². The van der Waals surface area contributed by atoms with Crippen LogP contribution in [0, 0.1) is 0 Å². The summed E-state index contributed by atoms with van der Waals surface area (Å²) in [4.78, 5) is 8.21. The van der Waals surface area contributed by atoms with Crippen molar-refractivity contribution >= 4 is 95.0 Å². The first-order chi connectivity index (χ1) is 46.5. The molecule has 0 unspecified atom stereocenters. The second kappa shape index (κ2) is 22.0. The lowest BCUT2D eigenvalue weighted by molar-refractivity contribution is 0.332. The van der Waals surface area contributed by atoms with Crippen LogP contribution in [0.4, 0.5) is 51.2 Å². The number of benzene rings is 9. The van der Waals surface area contributed by atoms with Crippen LogP contribution in [0.5, 0.6) is 0 Å². The van der Waals surface area contributed by atoms with Crippen molar-refractivity contribution in [1.29, 1.82) is 0 Å². The van der Waals surface area contributed by atoms with Gasteiger partial charge in [0.2, 0.25) is 0 Å². The normalized spacial score (nSPS) is 19.8. The SMILES string of the molecule is CC1(C)CCC(C)(C)c2cc(N3c4cc5c(cc4B4c6sc7cc8c(cc7c6N(c6ccc7c(c6)C(C)(C)CCC7(C)C)c6cc(N(c7ccc(C(C)(C)c9ccccc9)cc7)c7ccc(C(C)(C)c9ccccc9)cc7)cc3c64)C(C)(C)CCC8(C)C)C(C)(C)CCC5(C)C)ccc21. The zero-order valence-corrected chi connectivity index (χ0v) is 64.1. The van der Waals surface area contributed by atoms with Crippen LogP contribution in [0.25, 0.3) is 10.1 Å². The highest BCUT2D eigenvalue weighted by Gasteiger charge is 2.51. The number of rotatable bonds is 9. The average Bonchev–Trinajstić information content (AvgIpc) is 1.66. The summed E-state index contributed by atoms with van der Waals surface area (Å²) < 4.78 is 2.85. The number of hydrogen-bond acceptors (Lipinski definition) is 4. The Bertz CT molecular complexity index is 4820. The topological polar surface area (TPSA) is 9.72 Å². The second-order valence-electron chi connectivity index (χ2n) is 37.6. The highest BCUT2D eigenvalue weighted by Crippen LogP contribution is 2.58. The number of nitrogens with zero attached hydrogens (tertiary/aromatic N) is 3. The number of thiophene rings is 1. The molecule has 6 aliphatic rings. The Morgan fingerprint density at radius 2 is 0.687 bits per heavy atom. The molecule has 4 aliphatic carbocycles. The fourth-order valence-corrected chi connectivity index (χ4v) is 20.6. The van der Waals surface area contributed by atoms with Crippen LogP contribution >= 0.6 is 11.3 Å². The van der Waals surface area contributed by atoms with Crippen molar-refractivity contribution in [1.82, 2.24) is 0 Å². The van der Waals surface area contributed by atoms with E-state index >= 15 is 0 Å². The third-order valence-corrected chi connectivity index (χ3v) is 27.9. The summed E-state index contributed by atoms with van der Waals surface area (Å²) in [6.45, 7) is 49.6. The number of hydrogen-bond donors (Lipinski definition) is 0. The lowest BCUT2D eigenvalue weighted by Gasteiger charge is -2.48. The Balaban J connectivity index is 1.05. The lowest BCUT2D eigenvalue weighted by Crippen LogP contribution is -2.61. The Morgan fingerprint density at radius 1 is 0.333 bits per heavy atom. The molecule has 0 saturated heterocycles. The minimum absolute atomic E-state index is 0.00962. The molecule has 1 aromatic heterocycles. The van der Waals surface area contributed by atoms with Gasteiger partial charge in [-0.15, -0.1) is 11.3 Å². The van der Waals surface area contributed by atoms with Crippen LogP contribution in [0.1, 0.15) is 257 Å². The summed E-state index contributed by atoms with van der Waals surface area (Å²) >= 11 is 2.09. The van der Waals surface area contributed by atoms with E-state index < -0.39 is 0 Å². The van der Waals surface area contributed by atoms with Crippen LogP contribution in [-0.4, -0.2) is 6.71 Å². The van der Waals surface area contributed by atoms with Crippen LogP contribution in [0.15, 0.2) is 182 Å². The minimum atomic E-state index is -0.222. The Hall–Kier alpha value is -7.60. The van der Waals surface area contributed by atoms with E-state index in [1.54, 1.807) is 0 Å². The van der Waals surface area contributed by atoms with Gasteiger partial charge in [0.25, 0.3) is 6.71 Å². The van der Waals surface area contributed by atoms with E-state index in [9.17, 15) is 0 Å². The standard InChI is InChI=1S/C94H106BN3S/c1-85(2)43-45-87(5,6)71-51-65(39-41-69(71)85)97-78-57-75-74(90(11,12)48-49-91(75,13)14)56-77(78)95-82-79(97)53-67(96(63-35-31-61(32-36-63)93(17,18)59-27-23-21-24-28-59)64-37-33-62(34-38-64)94(19,20)60-29-25-22-26-30-60)54-80(82)98(66-40-42-70-72(52-66)88(7,8)46-44-86(70,3)4)83-68-55-73-76(58-81(68)99-84(83)95)92(15,16)50-47-89(73,9)10/h21-42,51-58H,43-50H2,1-20H3. The van der Waals surface area contributed by atoms with Crippen LogP contribution < -0.4 is 30.4 Å². The molecule has 3 nitrogen and oxygen atoms in total. The molecule has 3 heterocycles. The first kappa shape index (κ1) is 66.0. The Kier molecular flexibility index (Phi) is 14.6. The molecular weight excluding hydrogens is 1210 g/mol. The summed E-state index contributed by atoms with van der Waals surface area (Å²) in [5, 5.41) is 1.38. The fraction of sp³-hybridized carbons (Fsp3) is 0.404. The summed E-state index contributed by atoms with van der Waals surface area (Å²) in [5.41, 5.74) is 30.6. The average molecular weight is 1320 g/mol. The Morgan fingerprint density at radius 3 is 1.12 bits per heavy atom. The van der Waals surface area contributed by atoms with Crippen molar-refractivity contribution in [2.75, 3.05) is 14.7 Å². The molecule has 0 radical (unpaired) electrons. The van der Waals surface area contributed by atoms with Crippen molar-refractivity contribution in [2.45, 2.75) is 244 Å². The molecule has 2 aliphatic heterocycles. The largest absolute Gasteiger partial charge is 0.311 e. The molecule has 10 aromatic rings. The summed E-state index contributed by atoms with van der Waals surface area (Å²) in [6.07, 6.45) is 9.24. The molecule has 9 aromatic carbocycles. The van der Waals surface area contributed by atoms with E-state index in [0.29, 0.717) is 0 Å². The molecule has 0 N–H and O–H groups in total. The maximum absolute atomic E-state index is 2.82. The van der Waals surface area contributed by atoms with E-state index in [2.05, 4.69) is 347 Å². The van der Waals surface area contributed by atoms with Gasteiger partial charge in [-0.2, -0.15) is 0 Å². The third-order valence-electron chi connectivity index (χ3n) is 26.7. The van der Waals surface area contributed by atoms with Gasteiger partial charge < -0.3 is 14.7 Å².